The summed E-state index contributed by atoms with van der Waals surface area (Å²) in [5.41, 5.74) is 0. The zero-order valence-corrected chi connectivity index (χ0v) is 10.9. The minimum Gasteiger partial charge on any atom is -0.481 e. The van der Waals surface area contributed by atoms with E-state index >= 15 is 0 Å². The molecule has 1 N–H and O–H groups in total. The number of carbonyl (C=O) groups is 1. The maximum Gasteiger partial charge on any atom is 0.304 e. The molecule has 2 atom stereocenters. The van der Waals surface area contributed by atoms with E-state index in [2.05, 4.69) is 16.7 Å². The summed E-state index contributed by atoms with van der Waals surface area (Å²) in [6, 6.07) is 4.28. The van der Waals surface area contributed by atoms with Crippen molar-refractivity contribution in [2.45, 2.75) is 32.0 Å². The third kappa shape index (κ3) is 3.11. The van der Waals surface area contributed by atoms with Gasteiger partial charge in [0.25, 0.3) is 0 Å². The van der Waals surface area contributed by atoms with Crippen LogP contribution in [0.15, 0.2) is 22.8 Å². The first-order valence-electron chi connectivity index (χ1n) is 6.24. The fourth-order valence-electron chi connectivity index (χ4n) is 2.45. The van der Waals surface area contributed by atoms with Crippen molar-refractivity contribution in [1.82, 2.24) is 9.80 Å². The van der Waals surface area contributed by atoms with E-state index in [9.17, 15) is 4.79 Å². The van der Waals surface area contributed by atoms with Gasteiger partial charge < -0.3 is 14.4 Å². The van der Waals surface area contributed by atoms with Gasteiger partial charge >= 0.3 is 5.97 Å². The van der Waals surface area contributed by atoms with Crippen molar-refractivity contribution in [3.05, 3.63) is 24.2 Å². The van der Waals surface area contributed by atoms with Crippen molar-refractivity contribution < 1.29 is 14.3 Å². The molecule has 0 bridgehead atoms. The molecule has 1 fully saturated rings. The lowest BCUT2D eigenvalue weighted by atomic mass is 10.0. The van der Waals surface area contributed by atoms with Gasteiger partial charge in [0.05, 0.1) is 19.2 Å². The van der Waals surface area contributed by atoms with E-state index in [1.165, 1.54) is 0 Å². The molecule has 5 nitrogen and oxygen atoms in total. The van der Waals surface area contributed by atoms with Crippen molar-refractivity contribution in [2.75, 3.05) is 20.1 Å². The van der Waals surface area contributed by atoms with Crippen molar-refractivity contribution in [2.24, 2.45) is 0 Å². The highest BCUT2D eigenvalue weighted by molar-refractivity contribution is 5.67. The molecule has 5 heteroatoms. The van der Waals surface area contributed by atoms with Gasteiger partial charge in [0.15, 0.2) is 0 Å². The zero-order chi connectivity index (χ0) is 13.1. The topological polar surface area (TPSA) is 56.9 Å². The molecule has 1 saturated heterocycles. The molecule has 0 amide bonds. The Morgan fingerprint density at radius 3 is 2.94 bits per heavy atom. The minimum atomic E-state index is -0.743. The molecule has 1 aliphatic heterocycles. The molecule has 0 radical (unpaired) electrons. The van der Waals surface area contributed by atoms with Crippen LogP contribution in [-0.2, 0) is 11.3 Å². The standard InChI is InChI=1S/C13H20N2O3/c1-10-7-15(9-12-4-3-5-18-12)11(6-13(16)17)8-14(10)2/h3-5,10-11H,6-9H2,1-2H3,(H,16,17). The van der Waals surface area contributed by atoms with E-state index in [1.54, 1.807) is 6.26 Å². The van der Waals surface area contributed by atoms with Gasteiger partial charge in [0.2, 0.25) is 0 Å². The van der Waals surface area contributed by atoms with Gasteiger partial charge in [-0.05, 0) is 26.1 Å². The number of carboxylic acids is 1. The molecular formula is C13H20N2O3. The van der Waals surface area contributed by atoms with E-state index in [0.29, 0.717) is 12.6 Å². The quantitative estimate of drug-likeness (QED) is 0.874. The van der Waals surface area contributed by atoms with Gasteiger partial charge in [-0.25, -0.2) is 0 Å². The van der Waals surface area contributed by atoms with Crippen LogP contribution in [0.1, 0.15) is 19.1 Å². The van der Waals surface area contributed by atoms with Gasteiger partial charge in [-0.3, -0.25) is 9.69 Å². The SMILES string of the molecule is CC1CN(Cc2ccco2)C(CC(=O)O)CN1C. The Hall–Kier alpha value is -1.33. The normalized spacial score (nSPS) is 26.3. The maximum atomic E-state index is 10.9. The van der Waals surface area contributed by atoms with Crippen molar-refractivity contribution in [3.63, 3.8) is 0 Å². The lowest BCUT2D eigenvalue weighted by Gasteiger charge is -2.43. The van der Waals surface area contributed by atoms with Crippen molar-refractivity contribution in [1.29, 1.82) is 0 Å². The summed E-state index contributed by atoms with van der Waals surface area (Å²) in [5.74, 6) is 0.148. The molecule has 0 aliphatic carbocycles. The second-order valence-corrected chi connectivity index (χ2v) is 5.05. The second-order valence-electron chi connectivity index (χ2n) is 5.05. The van der Waals surface area contributed by atoms with Crippen LogP contribution in [0.4, 0.5) is 0 Å². The first kappa shape index (κ1) is 13.1. The Morgan fingerprint density at radius 1 is 1.56 bits per heavy atom. The first-order valence-corrected chi connectivity index (χ1v) is 6.24. The number of aliphatic carboxylic acids is 1. The number of carboxylic acid groups (broad SMARTS) is 1. The monoisotopic (exact) mass is 252 g/mol. The number of furan rings is 1. The molecule has 1 aliphatic rings. The summed E-state index contributed by atoms with van der Waals surface area (Å²) in [4.78, 5) is 15.4. The molecule has 2 unspecified atom stereocenters. The van der Waals surface area contributed by atoms with E-state index in [4.69, 9.17) is 9.52 Å². The smallest absolute Gasteiger partial charge is 0.304 e. The zero-order valence-electron chi connectivity index (χ0n) is 10.9. The third-order valence-corrected chi connectivity index (χ3v) is 3.62. The van der Waals surface area contributed by atoms with Crippen LogP contribution in [0.5, 0.6) is 0 Å². The largest absolute Gasteiger partial charge is 0.481 e. The third-order valence-electron chi connectivity index (χ3n) is 3.62. The summed E-state index contributed by atoms with van der Waals surface area (Å²) in [6.07, 6.45) is 1.83. The van der Waals surface area contributed by atoms with Crippen LogP contribution in [0.3, 0.4) is 0 Å². The molecule has 0 aromatic carbocycles. The minimum absolute atomic E-state index is 0.0498. The van der Waals surface area contributed by atoms with Gasteiger partial charge in [-0.15, -0.1) is 0 Å². The van der Waals surface area contributed by atoms with Gasteiger partial charge in [-0.2, -0.15) is 0 Å². The Balaban J connectivity index is 2.05. The summed E-state index contributed by atoms with van der Waals surface area (Å²) in [5, 5.41) is 8.99. The van der Waals surface area contributed by atoms with Crippen molar-refractivity contribution in [3.8, 4) is 0 Å². The fraction of sp³-hybridized carbons (Fsp3) is 0.615. The van der Waals surface area contributed by atoms with E-state index in [1.807, 2.05) is 19.2 Å². The average Bonchev–Trinajstić information content (AvgIpc) is 2.77. The summed E-state index contributed by atoms with van der Waals surface area (Å²) >= 11 is 0. The molecule has 0 spiro atoms. The van der Waals surface area contributed by atoms with Crippen LogP contribution < -0.4 is 0 Å². The van der Waals surface area contributed by atoms with E-state index in [-0.39, 0.29) is 12.5 Å². The Kier molecular flexibility index (Phi) is 4.04. The molecule has 1 aromatic heterocycles. The Bertz CT molecular complexity index is 391. The molecule has 2 heterocycles. The van der Waals surface area contributed by atoms with Crippen LogP contribution in [0.2, 0.25) is 0 Å². The highest BCUT2D eigenvalue weighted by Gasteiger charge is 2.31. The number of nitrogens with zero attached hydrogens (tertiary/aromatic N) is 2. The second kappa shape index (κ2) is 5.54. The maximum absolute atomic E-state index is 10.9. The van der Waals surface area contributed by atoms with Crippen LogP contribution in [-0.4, -0.2) is 53.1 Å². The van der Waals surface area contributed by atoms with Gasteiger partial charge in [-0.1, -0.05) is 0 Å². The Labute approximate surface area is 107 Å². The van der Waals surface area contributed by atoms with Gasteiger partial charge in [0.1, 0.15) is 5.76 Å². The highest BCUT2D eigenvalue weighted by Crippen LogP contribution is 2.19. The summed E-state index contributed by atoms with van der Waals surface area (Å²) < 4.78 is 5.35. The summed E-state index contributed by atoms with van der Waals surface area (Å²) in [6.45, 7) is 4.50. The number of hydrogen-bond acceptors (Lipinski definition) is 4. The molecular weight excluding hydrogens is 232 g/mol. The van der Waals surface area contributed by atoms with E-state index < -0.39 is 5.97 Å². The van der Waals surface area contributed by atoms with Gasteiger partial charge in [0, 0.05) is 25.2 Å². The summed E-state index contributed by atoms with van der Waals surface area (Å²) in [7, 11) is 2.05. The fourth-order valence-corrected chi connectivity index (χ4v) is 2.45. The van der Waals surface area contributed by atoms with Crippen LogP contribution in [0, 0.1) is 0 Å². The number of hydrogen-bond donors (Lipinski definition) is 1. The number of piperazine rings is 1. The molecule has 18 heavy (non-hydrogen) atoms. The number of rotatable bonds is 4. The van der Waals surface area contributed by atoms with Crippen molar-refractivity contribution >= 4 is 5.97 Å². The lowest BCUT2D eigenvalue weighted by Crippen LogP contribution is -2.56. The lowest BCUT2D eigenvalue weighted by molar-refractivity contribution is -0.139. The van der Waals surface area contributed by atoms with Crippen LogP contribution >= 0.6 is 0 Å². The Morgan fingerprint density at radius 2 is 2.33 bits per heavy atom. The average molecular weight is 252 g/mol. The van der Waals surface area contributed by atoms with Crippen LogP contribution in [0.25, 0.3) is 0 Å². The molecule has 1 aromatic rings. The molecule has 2 rings (SSSR count). The number of likely N-dealkylation sites (N-methyl/N-ethyl adjacent to an activating group) is 1. The van der Waals surface area contributed by atoms with E-state index in [0.717, 1.165) is 18.8 Å². The molecule has 100 valence electrons. The highest BCUT2D eigenvalue weighted by atomic mass is 16.4. The predicted octanol–water partition coefficient (Wildman–Crippen LogP) is 1.26. The first-order chi connectivity index (χ1) is 8.56. The molecule has 0 saturated carbocycles. The predicted molar refractivity (Wildman–Crippen MR) is 67.3 cm³/mol.